The van der Waals surface area contributed by atoms with Crippen molar-refractivity contribution in [3.63, 3.8) is 0 Å². The molecule has 0 spiro atoms. The Morgan fingerprint density at radius 1 is 0.968 bits per heavy atom. The molecule has 31 heavy (non-hydrogen) atoms. The van der Waals surface area contributed by atoms with Gasteiger partial charge in [0.1, 0.15) is 18.3 Å². The molecule has 1 aromatic rings. The average Bonchev–Trinajstić information content (AvgIpc) is 2.62. The summed E-state index contributed by atoms with van der Waals surface area (Å²) < 4.78 is 1.40. The Labute approximate surface area is 174 Å². The van der Waals surface area contributed by atoms with E-state index in [2.05, 4.69) is 15.0 Å². The topological polar surface area (TPSA) is 288 Å². The lowest BCUT2D eigenvalue weighted by Crippen LogP contribution is -2.42. The van der Waals surface area contributed by atoms with E-state index in [-0.39, 0.29) is 40.0 Å². The molecule has 14 heteroatoms. The molecule has 0 aromatic heterocycles. The SMILES string of the molecule is Cc1cc2nc3c(=O)[nH]c(=O)nc-3n(C[C@@H](O)[C@@H](O)[C@@H](O)CO)c2cc1C.O.O.O.O. The molecule has 0 unspecified atom stereocenters. The van der Waals surface area contributed by atoms with Crippen LogP contribution in [0.3, 0.4) is 0 Å². The summed E-state index contributed by atoms with van der Waals surface area (Å²) in [6.45, 7) is 2.73. The minimum Gasteiger partial charge on any atom is -0.412 e. The molecule has 0 aliphatic carbocycles. The van der Waals surface area contributed by atoms with E-state index in [1.807, 2.05) is 13.8 Å². The first-order valence-electron chi connectivity index (χ1n) is 8.29. The molecule has 2 heterocycles. The normalized spacial score (nSPS) is 13.2. The number of aliphatic hydroxyl groups is 4. The van der Waals surface area contributed by atoms with Crippen LogP contribution in [0.1, 0.15) is 11.1 Å². The molecule has 0 radical (unpaired) electrons. The van der Waals surface area contributed by atoms with Gasteiger partial charge in [0.15, 0.2) is 11.5 Å². The molecule has 0 saturated heterocycles. The average molecular weight is 448 g/mol. The number of aryl methyl sites for hydroxylation is 2. The summed E-state index contributed by atoms with van der Waals surface area (Å²) in [5.41, 5.74) is 1.11. The van der Waals surface area contributed by atoms with Gasteiger partial charge in [0.2, 0.25) is 0 Å². The molecule has 2 aliphatic heterocycles. The van der Waals surface area contributed by atoms with E-state index in [1.165, 1.54) is 4.57 Å². The lowest BCUT2D eigenvalue weighted by Gasteiger charge is -2.25. The fourth-order valence-corrected chi connectivity index (χ4v) is 2.89. The van der Waals surface area contributed by atoms with Crippen LogP contribution < -0.4 is 11.2 Å². The second-order valence-electron chi connectivity index (χ2n) is 6.50. The first-order chi connectivity index (χ1) is 12.7. The minimum atomic E-state index is -1.64. The number of benzene rings is 1. The molecule has 0 amide bonds. The van der Waals surface area contributed by atoms with E-state index in [0.717, 1.165) is 11.1 Å². The summed E-state index contributed by atoms with van der Waals surface area (Å²) in [7, 11) is 0. The van der Waals surface area contributed by atoms with E-state index in [4.69, 9.17) is 5.11 Å². The molecule has 176 valence electrons. The highest BCUT2D eigenvalue weighted by atomic mass is 16.4. The number of nitrogens with one attached hydrogen (secondary N) is 1. The number of rotatable bonds is 5. The molecule has 3 atom stereocenters. The van der Waals surface area contributed by atoms with Crippen molar-refractivity contribution in [3.8, 4) is 11.5 Å². The van der Waals surface area contributed by atoms with Crippen LogP contribution in [0.25, 0.3) is 22.6 Å². The van der Waals surface area contributed by atoms with E-state index < -0.39 is 36.2 Å². The lowest BCUT2D eigenvalue weighted by atomic mass is 10.1. The first kappa shape index (κ1) is 30.4. The van der Waals surface area contributed by atoms with Crippen molar-refractivity contribution in [1.29, 1.82) is 0 Å². The molecular formula is C17H28N4O10. The molecule has 0 saturated carbocycles. The van der Waals surface area contributed by atoms with Crippen molar-refractivity contribution in [1.82, 2.24) is 19.5 Å². The number of hydrogen-bond donors (Lipinski definition) is 5. The lowest BCUT2D eigenvalue weighted by molar-refractivity contribution is -0.0802. The van der Waals surface area contributed by atoms with Crippen LogP contribution in [0.15, 0.2) is 21.7 Å². The van der Waals surface area contributed by atoms with E-state index >= 15 is 0 Å². The molecule has 0 fully saturated rings. The molecule has 1 aromatic carbocycles. The smallest absolute Gasteiger partial charge is 0.349 e. The number of nitrogens with zero attached hydrogens (tertiary/aromatic N) is 3. The Morgan fingerprint density at radius 2 is 1.55 bits per heavy atom. The number of fused-ring (bicyclic) bond motifs is 2. The van der Waals surface area contributed by atoms with Gasteiger partial charge >= 0.3 is 5.69 Å². The fraction of sp³-hybridized carbons (Fsp3) is 0.412. The maximum Gasteiger partial charge on any atom is 0.349 e. The third-order valence-electron chi connectivity index (χ3n) is 4.57. The van der Waals surface area contributed by atoms with Gasteiger partial charge in [-0.25, -0.2) is 9.78 Å². The second kappa shape index (κ2) is 11.5. The van der Waals surface area contributed by atoms with Crippen molar-refractivity contribution >= 4 is 11.0 Å². The van der Waals surface area contributed by atoms with Crippen LogP contribution in [0.4, 0.5) is 0 Å². The van der Waals surface area contributed by atoms with Crippen LogP contribution in [0.2, 0.25) is 0 Å². The van der Waals surface area contributed by atoms with E-state index in [0.29, 0.717) is 11.0 Å². The van der Waals surface area contributed by atoms with Gasteiger partial charge in [-0.05, 0) is 37.1 Å². The van der Waals surface area contributed by atoms with E-state index in [1.54, 1.807) is 12.1 Å². The summed E-state index contributed by atoms with van der Waals surface area (Å²) in [5, 5.41) is 38.8. The number of aliphatic hydroxyl groups excluding tert-OH is 4. The Kier molecular flexibility index (Phi) is 11.3. The first-order valence-corrected chi connectivity index (χ1v) is 8.29. The second-order valence-corrected chi connectivity index (χ2v) is 6.50. The van der Waals surface area contributed by atoms with Crippen molar-refractivity contribution in [2.75, 3.05) is 6.61 Å². The van der Waals surface area contributed by atoms with Gasteiger partial charge in [-0.3, -0.25) is 9.78 Å². The van der Waals surface area contributed by atoms with Gasteiger partial charge in [-0.2, -0.15) is 4.98 Å². The Morgan fingerprint density at radius 3 is 2.13 bits per heavy atom. The number of aromatic nitrogens is 4. The van der Waals surface area contributed by atoms with Gasteiger partial charge in [0.25, 0.3) is 5.56 Å². The molecule has 14 nitrogen and oxygen atoms in total. The van der Waals surface area contributed by atoms with Gasteiger partial charge < -0.3 is 46.9 Å². The Hall–Kier alpha value is -2.82. The van der Waals surface area contributed by atoms with Crippen LogP contribution in [-0.4, -0.2) is 86.8 Å². The summed E-state index contributed by atoms with van der Waals surface area (Å²) >= 11 is 0. The fourth-order valence-electron chi connectivity index (χ4n) is 2.89. The molecular weight excluding hydrogens is 420 g/mol. The van der Waals surface area contributed by atoms with Crippen molar-refractivity contribution < 1.29 is 42.3 Å². The maximum absolute atomic E-state index is 12.2. The van der Waals surface area contributed by atoms with Crippen LogP contribution in [0.5, 0.6) is 0 Å². The number of hydrogen-bond acceptors (Lipinski definition) is 8. The standard InChI is InChI=1S/C17H20N4O6.4H2O/c1-7-3-9-10(4-8(7)2)21(5-11(23)14(25)12(24)6-22)15-13(18-9)16(26)20-17(27)19-15;;;;/h3-4,11-12,14,22-25H,5-6H2,1-2H3,(H,20,26,27);4*1H2/t11-,12+,14-;;;;/m1..../s1. The van der Waals surface area contributed by atoms with Gasteiger partial charge in [0, 0.05) is 0 Å². The van der Waals surface area contributed by atoms with Crippen molar-refractivity contribution in [2.45, 2.75) is 38.7 Å². The predicted molar refractivity (Wildman–Crippen MR) is 110 cm³/mol. The maximum atomic E-state index is 12.2. The van der Waals surface area contributed by atoms with Crippen molar-refractivity contribution in [3.05, 3.63) is 44.1 Å². The monoisotopic (exact) mass is 448 g/mol. The summed E-state index contributed by atoms with van der Waals surface area (Å²) in [5.74, 6) is -0.0516. The van der Waals surface area contributed by atoms with Crippen LogP contribution >= 0.6 is 0 Å². The molecule has 2 aliphatic rings. The highest BCUT2D eigenvalue weighted by Gasteiger charge is 2.27. The molecule has 13 N–H and O–H groups in total. The largest absolute Gasteiger partial charge is 0.412 e. The quantitative estimate of drug-likeness (QED) is 0.235. The molecule has 0 bridgehead atoms. The number of H-pyrrole nitrogens is 1. The third kappa shape index (κ3) is 5.66. The zero-order valence-electron chi connectivity index (χ0n) is 16.7. The van der Waals surface area contributed by atoms with Crippen LogP contribution in [-0.2, 0) is 6.54 Å². The summed E-state index contributed by atoms with van der Waals surface area (Å²) in [4.78, 5) is 34.0. The molecule has 3 rings (SSSR count). The van der Waals surface area contributed by atoms with Gasteiger partial charge in [0.05, 0.1) is 24.2 Å². The number of aromatic amines is 1. The van der Waals surface area contributed by atoms with Gasteiger partial charge in [-0.1, -0.05) is 0 Å². The highest BCUT2D eigenvalue weighted by Crippen LogP contribution is 2.24. The highest BCUT2D eigenvalue weighted by molar-refractivity contribution is 5.81. The zero-order valence-corrected chi connectivity index (χ0v) is 16.7. The van der Waals surface area contributed by atoms with Crippen LogP contribution in [0, 0.1) is 13.8 Å². The summed E-state index contributed by atoms with van der Waals surface area (Å²) in [6.07, 6.45) is -4.68. The third-order valence-corrected chi connectivity index (χ3v) is 4.57. The zero-order chi connectivity index (χ0) is 19.9. The minimum absolute atomic E-state index is 0. The van der Waals surface area contributed by atoms with Gasteiger partial charge in [-0.15, -0.1) is 0 Å². The predicted octanol–water partition coefficient (Wildman–Crippen LogP) is -5.02. The van der Waals surface area contributed by atoms with Crippen molar-refractivity contribution in [2.24, 2.45) is 0 Å². The Bertz CT molecular complexity index is 1080. The Balaban J connectivity index is 0. The van der Waals surface area contributed by atoms with E-state index in [9.17, 15) is 24.9 Å². The summed E-state index contributed by atoms with van der Waals surface area (Å²) in [6, 6.07) is 3.53.